The second-order valence-electron chi connectivity index (χ2n) is 7.03. The molecule has 2 aliphatic rings. The number of benzene rings is 2. The summed E-state index contributed by atoms with van der Waals surface area (Å²) in [6.45, 7) is 0.809. The molecular formula is C23H21O2S. The van der Waals surface area contributed by atoms with Crippen LogP contribution in [0.25, 0.3) is 0 Å². The Balaban J connectivity index is 1.68. The van der Waals surface area contributed by atoms with Gasteiger partial charge in [0.15, 0.2) is 0 Å². The molecule has 2 aliphatic heterocycles. The molecule has 5 rings (SSSR count). The summed E-state index contributed by atoms with van der Waals surface area (Å²) < 4.78 is 12.8. The Kier molecular flexibility index (Phi) is 4.07. The van der Waals surface area contributed by atoms with Gasteiger partial charge in [0.1, 0.15) is 11.5 Å². The van der Waals surface area contributed by atoms with Gasteiger partial charge in [0, 0.05) is 34.9 Å². The first-order valence-corrected chi connectivity index (χ1v) is 10.1. The molecular weight excluding hydrogens is 340 g/mol. The molecule has 3 heteroatoms. The maximum atomic E-state index is 6.59. The molecule has 1 aromatic heterocycles. The van der Waals surface area contributed by atoms with Crippen molar-refractivity contribution in [2.45, 2.75) is 30.8 Å². The van der Waals surface area contributed by atoms with Crippen molar-refractivity contribution in [1.82, 2.24) is 0 Å². The van der Waals surface area contributed by atoms with E-state index in [9.17, 15) is 0 Å². The van der Waals surface area contributed by atoms with E-state index in [0.717, 1.165) is 30.9 Å². The number of hydrogen-bond acceptors (Lipinski definition) is 3. The molecule has 0 spiro atoms. The average Bonchev–Trinajstić information content (AvgIpc) is 3.19. The molecule has 3 aromatic rings. The van der Waals surface area contributed by atoms with E-state index < -0.39 is 0 Å². The lowest BCUT2D eigenvalue weighted by molar-refractivity contribution is -0.0640. The highest BCUT2D eigenvalue weighted by Gasteiger charge is 2.47. The van der Waals surface area contributed by atoms with Crippen LogP contribution in [-0.2, 0) is 4.74 Å². The molecule has 1 atom stereocenters. The summed E-state index contributed by atoms with van der Waals surface area (Å²) >= 11 is 1.77. The van der Waals surface area contributed by atoms with E-state index in [-0.39, 0.29) is 11.5 Å². The van der Waals surface area contributed by atoms with Crippen LogP contribution in [0.3, 0.4) is 0 Å². The molecule has 0 amide bonds. The van der Waals surface area contributed by atoms with Crippen molar-refractivity contribution in [2.75, 3.05) is 6.61 Å². The van der Waals surface area contributed by atoms with Crippen LogP contribution in [0.5, 0.6) is 11.5 Å². The van der Waals surface area contributed by atoms with Crippen molar-refractivity contribution in [3.8, 4) is 11.5 Å². The zero-order chi connectivity index (χ0) is 17.4. The number of ether oxygens (including phenoxy) is 2. The van der Waals surface area contributed by atoms with Crippen molar-refractivity contribution in [2.24, 2.45) is 0 Å². The minimum atomic E-state index is -0.334. The Bertz CT molecular complexity index is 849. The molecule has 0 N–H and O–H groups in total. The van der Waals surface area contributed by atoms with Gasteiger partial charge in [-0.2, -0.15) is 0 Å². The molecule has 2 aromatic carbocycles. The molecule has 1 fully saturated rings. The van der Waals surface area contributed by atoms with Crippen molar-refractivity contribution >= 4 is 11.3 Å². The summed E-state index contributed by atoms with van der Waals surface area (Å²) in [5, 5.41) is 2.13. The summed E-state index contributed by atoms with van der Waals surface area (Å²) in [6.07, 6.45) is 5.70. The standard InChI is InChI=1S/C23H21O2S/c1-3-11-20-18(9-1)22(19-10-2-4-12-21(19)25-20)23(13-5-6-14-24-23)16-17-8-7-15-26-17/h1-4,7-12,15-16,22H,5-6,13-14H2. The molecule has 1 saturated heterocycles. The number of hydrogen-bond donors (Lipinski definition) is 0. The van der Waals surface area contributed by atoms with Gasteiger partial charge in [-0.05, 0) is 42.8 Å². The maximum absolute atomic E-state index is 6.59. The SMILES string of the molecule is [CH](c1cccs1)C1(C2c3ccccc3Oc3ccccc32)CCCCO1. The topological polar surface area (TPSA) is 18.5 Å². The molecule has 26 heavy (non-hydrogen) atoms. The zero-order valence-electron chi connectivity index (χ0n) is 14.6. The fraction of sp³-hybridized carbons (Fsp3) is 0.261. The Morgan fingerprint density at radius 2 is 1.62 bits per heavy atom. The molecule has 2 nitrogen and oxygen atoms in total. The summed E-state index contributed by atoms with van der Waals surface area (Å²) in [7, 11) is 0. The van der Waals surface area contributed by atoms with Gasteiger partial charge >= 0.3 is 0 Å². The van der Waals surface area contributed by atoms with Crippen molar-refractivity contribution < 1.29 is 9.47 Å². The lowest BCUT2D eigenvalue weighted by Crippen LogP contribution is -2.44. The van der Waals surface area contributed by atoms with Gasteiger partial charge in [-0.25, -0.2) is 0 Å². The molecule has 0 bridgehead atoms. The monoisotopic (exact) mass is 361 g/mol. The van der Waals surface area contributed by atoms with Gasteiger partial charge in [-0.3, -0.25) is 0 Å². The third-order valence-corrected chi connectivity index (χ3v) is 6.25. The van der Waals surface area contributed by atoms with E-state index >= 15 is 0 Å². The molecule has 131 valence electrons. The average molecular weight is 361 g/mol. The fourth-order valence-electron chi connectivity index (χ4n) is 4.31. The third kappa shape index (κ3) is 2.67. The van der Waals surface area contributed by atoms with Gasteiger partial charge in [-0.1, -0.05) is 42.5 Å². The quantitative estimate of drug-likeness (QED) is 0.555. The largest absolute Gasteiger partial charge is 0.457 e. The first-order valence-electron chi connectivity index (χ1n) is 9.25. The van der Waals surface area contributed by atoms with Crippen LogP contribution in [0, 0.1) is 6.42 Å². The Morgan fingerprint density at radius 3 is 2.23 bits per heavy atom. The summed E-state index contributed by atoms with van der Waals surface area (Å²) in [6, 6.07) is 21.1. The summed E-state index contributed by atoms with van der Waals surface area (Å²) in [5.41, 5.74) is 2.11. The highest BCUT2D eigenvalue weighted by molar-refractivity contribution is 7.10. The van der Waals surface area contributed by atoms with Gasteiger partial charge in [0.2, 0.25) is 0 Å². The number of thiophene rings is 1. The first-order chi connectivity index (χ1) is 12.9. The second-order valence-corrected chi connectivity index (χ2v) is 8.01. The normalized spacial score (nSPS) is 22.3. The highest BCUT2D eigenvalue weighted by atomic mass is 32.1. The Labute approximate surface area is 158 Å². The molecule has 1 radical (unpaired) electrons. The van der Waals surface area contributed by atoms with E-state index in [0.29, 0.717) is 0 Å². The number of para-hydroxylation sites is 2. The van der Waals surface area contributed by atoms with Crippen molar-refractivity contribution in [3.63, 3.8) is 0 Å². The van der Waals surface area contributed by atoms with Crippen molar-refractivity contribution in [1.29, 1.82) is 0 Å². The van der Waals surface area contributed by atoms with E-state index in [1.54, 1.807) is 11.3 Å². The lowest BCUT2D eigenvalue weighted by Gasteiger charge is -2.45. The molecule has 1 unspecified atom stereocenters. The minimum absolute atomic E-state index is 0.144. The van der Waals surface area contributed by atoms with Gasteiger partial charge in [0.05, 0.1) is 5.60 Å². The van der Waals surface area contributed by atoms with Crippen LogP contribution in [0.15, 0.2) is 66.0 Å². The van der Waals surface area contributed by atoms with Crippen LogP contribution in [0.2, 0.25) is 0 Å². The summed E-state index contributed by atoms with van der Waals surface area (Å²) in [5.74, 6) is 2.04. The van der Waals surface area contributed by atoms with Crippen LogP contribution in [-0.4, -0.2) is 12.2 Å². The van der Waals surface area contributed by atoms with E-state index in [2.05, 4.69) is 60.3 Å². The van der Waals surface area contributed by atoms with E-state index in [1.807, 2.05) is 12.1 Å². The smallest absolute Gasteiger partial charge is 0.131 e. The first kappa shape index (κ1) is 16.1. The van der Waals surface area contributed by atoms with Gasteiger partial charge in [0.25, 0.3) is 0 Å². The van der Waals surface area contributed by atoms with Crippen LogP contribution < -0.4 is 4.74 Å². The van der Waals surface area contributed by atoms with Crippen molar-refractivity contribution in [3.05, 3.63) is 88.5 Å². The number of fused-ring (bicyclic) bond motifs is 2. The maximum Gasteiger partial charge on any atom is 0.131 e. The second kappa shape index (κ2) is 6.57. The van der Waals surface area contributed by atoms with E-state index in [1.165, 1.54) is 22.4 Å². The Hall–Kier alpha value is -2.10. The third-order valence-electron chi connectivity index (χ3n) is 5.43. The lowest BCUT2D eigenvalue weighted by atomic mass is 9.70. The summed E-state index contributed by atoms with van der Waals surface area (Å²) in [4.78, 5) is 1.27. The van der Waals surface area contributed by atoms with Gasteiger partial charge in [-0.15, -0.1) is 11.3 Å². The number of rotatable bonds is 3. The van der Waals surface area contributed by atoms with Gasteiger partial charge < -0.3 is 9.47 Å². The van der Waals surface area contributed by atoms with Crippen LogP contribution in [0.4, 0.5) is 0 Å². The van der Waals surface area contributed by atoms with Crippen LogP contribution >= 0.6 is 11.3 Å². The van der Waals surface area contributed by atoms with Crippen LogP contribution in [0.1, 0.15) is 41.2 Å². The fourth-order valence-corrected chi connectivity index (χ4v) is 5.05. The molecule has 3 heterocycles. The predicted molar refractivity (Wildman–Crippen MR) is 105 cm³/mol. The van der Waals surface area contributed by atoms with E-state index in [4.69, 9.17) is 9.47 Å². The zero-order valence-corrected chi connectivity index (χ0v) is 15.4. The Morgan fingerprint density at radius 1 is 0.885 bits per heavy atom. The minimum Gasteiger partial charge on any atom is -0.457 e. The molecule has 0 aliphatic carbocycles. The molecule has 0 saturated carbocycles. The highest BCUT2D eigenvalue weighted by Crippen LogP contribution is 2.53. The predicted octanol–water partition coefficient (Wildman–Crippen LogP) is 6.18.